The molecule has 25 heavy (non-hydrogen) atoms. The minimum atomic E-state index is -0.476. The maximum Gasteiger partial charge on any atom is 0.410 e. The van der Waals surface area contributed by atoms with E-state index in [2.05, 4.69) is 4.98 Å². The Morgan fingerprint density at radius 1 is 1.36 bits per heavy atom. The number of amides is 1. The lowest BCUT2D eigenvalue weighted by molar-refractivity contribution is 0.0149. The third-order valence-corrected chi connectivity index (χ3v) is 4.10. The maximum absolute atomic E-state index is 12.2. The Morgan fingerprint density at radius 2 is 2.12 bits per heavy atom. The summed E-state index contributed by atoms with van der Waals surface area (Å²) in [6.45, 7) is 8.16. The molecule has 1 aliphatic heterocycles. The van der Waals surface area contributed by atoms with Crippen LogP contribution in [0, 0.1) is 5.92 Å². The first-order chi connectivity index (χ1) is 11.7. The van der Waals surface area contributed by atoms with Gasteiger partial charge >= 0.3 is 6.09 Å². The van der Waals surface area contributed by atoms with Crippen LogP contribution < -0.4 is 0 Å². The van der Waals surface area contributed by atoms with Crippen LogP contribution in [0.2, 0.25) is 0 Å². The minimum absolute atomic E-state index is 0.0166. The molecule has 0 radical (unpaired) electrons. The van der Waals surface area contributed by atoms with E-state index in [-0.39, 0.29) is 11.9 Å². The molecule has 0 aromatic carbocycles. The number of nitrogens with zero attached hydrogens (tertiary/aromatic N) is 3. The summed E-state index contributed by atoms with van der Waals surface area (Å²) in [6.07, 6.45) is 3.41. The molecular formula is C19H29N3O3. The van der Waals surface area contributed by atoms with Gasteiger partial charge in [-0.3, -0.25) is 14.7 Å². The summed E-state index contributed by atoms with van der Waals surface area (Å²) in [5.74, 6) is 0.366. The van der Waals surface area contributed by atoms with Crippen molar-refractivity contribution >= 4 is 11.9 Å². The Bertz CT molecular complexity index is 583. The van der Waals surface area contributed by atoms with E-state index in [0.29, 0.717) is 24.7 Å². The topological polar surface area (TPSA) is 62.7 Å². The summed E-state index contributed by atoms with van der Waals surface area (Å²) in [5.41, 5.74) is 0.0176. The lowest BCUT2D eigenvalue weighted by atomic mass is 9.97. The van der Waals surface area contributed by atoms with Gasteiger partial charge in [0.15, 0.2) is 5.78 Å². The number of aromatic nitrogens is 1. The molecule has 138 valence electrons. The zero-order chi connectivity index (χ0) is 18.4. The van der Waals surface area contributed by atoms with Crippen molar-refractivity contribution in [2.24, 2.45) is 5.92 Å². The predicted molar refractivity (Wildman–Crippen MR) is 96.6 cm³/mol. The third kappa shape index (κ3) is 6.46. The first-order valence-corrected chi connectivity index (χ1v) is 8.85. The van der Waals surface area contributed by atoms with Gasteiger partial charge in [-0.2, -0.15) is 0 Å². The van der Waals surface area contributed by atoms with Crippen LogP contribution in [-0.2, 0) is 4.74 Å². The van der Waals surface area contributed by atoms with Gasteiger partial charge in [0.25, 0.3) is 0 Å². The first-order valence-electron chi connectivity index (χ1n) is 8.85. The van der Waals surface area contributed by atoms with Gasteiger partial charge in [0, 0.05) is 25.8 Å². The largest absolute Gasteiger partial charge is 0.444 e. The number of ether oxygens (including phenoxy) is 1. The van der Waals surface area contributed by atoms with Gasteiger partial charge in [-0.1, -0.05) is 6.07 Å². The van der Waals surface area contributed by atoms with Gasteiger partial charge in [-0.15, -0.1) is 0 Å². The second-order valence-electron chi connectivity index (χ2n) is 7.77. The van der Waals surface area contributed by atoms with E-state index in [0.717, 1.165) is 25.9 Å². The molecule has 2 rings (SSSR count). The van der Waals surface area contributed by atoms with Gasteiger partial charge in [-0.25, -0.2) is 4.79 Å². The van der Waals surface area contributed by atoms with Gasteiger partial charge in [0.2, 0.25) is 0 Å². The van der Waals surface area contributed by atoms with Crippen molar-refractivity contribution in [3.05, 3.63) is 30.1 Å². The van der Waals surface area contributed by atoms with Crippen LogP contribution in [0.5, 0.6) is 0 Å². The van der Waals surface area contributed by atoms with E-state index in [9.17, 15) is 9.59 Å². The van der Waals surface area contributed by atoms with Crippen molar-refractivity contribution in [2.45, 2.75) is 39.2 Å². The van der Waals surface area contributed by atoms with E-state index in [1.807, 2.05) is 38.8 Å². The molecule has 0 bridgehead atoms. The molecule has 0 saturated carbocycles. The average molecular weight is 347 g/mol. The molecule has 1 amide bonds. The van der Waals surface area contributed by atoms with Gasteiger partial charge < -0.3 is 9.64 Å². The summed E-state index contributed by atoms with van der Waals surface area (Å²) < 4.78 is 5.46. The number of carbonyl (C=O) groups is 2. The van der Waals surface area contributed by atoms with Crippen molar-refractivity contribution in [3.8, 4) is 0 Å². The summed E-state index contributed by atoms with van der Waals surface area (Å²) in [7, 11) is 1.94. The molecule has 1 saturated heterocycles. The van der Waals surface area contributed by atoms with Crippen LogP contribution in [0.4, 0.5) is 4.79 Å². The number of carbonyl (C=O) groups excluding carboxylic acids is 2. The quantitative estimate of drug-likeness (QED) is 0.767. The zero-order valence-electron chi connectivity index (χ0n) is 15.7. The highest BCUT2D eigenvalue weighted by molar-refractivity contribution is 5.95. The fourth-order valence-corrected chi connectivity index (χ4v) is 3.07. The van der Waals surface area contributed by atoms with E-state index >= 15 is 0 Å². The smallest absolute Gasteiger partial charge is 0.410 e. The third-order valence-electron chi connectivity index (χ3n) is 4.10. The van der Waals surface area contributed by atoms with Crippen LogP contribution >= 0.6 is 0 Å². The first kappa shape index (κ1) is 19.4. The Balaban J connectivity index is 1.83. The Kier molecular flexibility index (Phi) is 6.53. The number of pyridine rings is 1. The SMILES string of the molecule is CN(CC(=O)c1ccccn1)C[C@@H]1CCCN(C(=O)OC(C)(C)C)C1. The van der Waals surface area contributed by atoms with Crippen molar-refractivity contribution in [1.82, 2.24) is 14.8 Å². The molecule has 0 unspecified atom stereocenters. The molecule has 6 nitrogen and oxygen atoms in total. The molecular weight excluding hydrogens is 318 g/mol. The second kappa shape index (κ2) is 8.43. The molecule has 1 aromatic heterocycles. The molecule has 1 fully saturated rings. The average Bonchev–Trinajstić information content (AvgIpc) is 2.54. The number of hydrogen-bond donors (Lipinski definition) is 0. The highest BCUT2D eigenvalue weighted by Crippen LogP contribution is 2.20. The normalized spacial score (nSPS) is 18.3. The maximum atomic E-state index is 12.2. The number of Topliss-reactive ketones (excluding diaryl/α,β-unsaturated/α-hetero) is 1. The summed E-state index contributed by atoms with van der Waals surface area (Å²) in [4.78, 5) is 32.4. The second-order valence-corrected chi connectivity index (χ2v) is 7.77. The summed E-state index contributed by atoms with van der Waals surface area (Å²) in [5, 5.41) is 0. The van der Waals surface area contributed by atoms with Crippen LogP contribution in [0.15, 0.2) is 24.4 Å². The summed E-state index contributed by atoms with van der Waals surface area (Å²) in [6, 6.07) is 5.36. The van der Waals surface area contributed by atoms with Gasteiger partial charge in [-0.05, 0) is 58.7 Å². The van der Waals surface area contributed by atoms with Crippen LogP contribution in [0.1, 0.15) is 44.1 Å². The van der Waals surface area contributed by atoms with E-state index < -0.39 is 5.60 Å². The van der Waals surface area contributed by atoms with E-state index in [4.69, 9.17) is 4.74 Å². The zero-order valence-corrected chi connectivity index (χ0v) is 15.7. The van der Waals surface area contributed by atoms with Crippen molar-refractivity contribution < 1.29 is 14.3 Å². The molecule has 0 spiro atoms. The number of rotatable bonds is 5. The van der Waals surface area contributed by atoms with Crippen molar-refractivity contribution in [3.63, 3.8) is 0 Å². The van der Waals surface area contributed by atoms with Gasteiger partial charge in [0.05, 0.1) is 6.54 Å². The predicted octanol–water partition coefficient (Wildman–Crippen LogP) is 2.84. The molecule has 0 aliphatic carbocycles. The minimum Gasteiger partial charge on any atom is -0.444 e. The highest BCUT2D eigenvalue weighted by Gasteiger charge is 2.28. The lowest BCUT2D eigenvalue weighted by Gasteiger charge is -2.35. The van der Waals surface area contributed by atoms with Crippen LogP contribution in [0.25, 0.3) is 0 Å². The van der Waals surface area contributed by atoms with E-state index in [1.54, 1.807) is 23.2 Å². The summed E-state index contributed by atoms with van der Waals surface area (Å²) >= 11 is 0. The number of likely N-dealkylation sites (N-methyl/N-ethyl adjacent to an activating group) is 1. The standard InChI is InChI=1S/C19H29N3O3/c1-19(2,3)25-18(24)22-11-7-8-15(13-22)12-21(4)14-17(23)16-9-5-6-10-20-16/h5-6,9-10,15H,7-8,11-14H2,1-4H3/t15-/m0/s1. The number of ketones is 1. The van der Waals surface area contributed by atoms with Crippen LogP contribution in [-0.4, -0.2) is 65.5 Å². The fourth-order valence-electron chi connectivity index (χ4n) is 3.07. The molecule has 0 N–H and O–H groups in total. The van der Waals surface area contributed by atoms with Crippen molar-refractivity contribution in [1.29, 1.82) is 0 Å². The van der Waals surface area contributed by atoms with Crippen LogP contribution in [0.3, 0.4) is 0 Å². The fraction of sp³-hybridized carbons (Fsp3) is 0.632. The molecule has 1 atom stereocenters. The number of likely N-dealkylation sites (tertiary alicyclic amines) is 1. The Morgan fingerprint density at radius 3 is 2.76 bits per heavy atom. The van der Waals surface area contributed by atoms with E-state index in [1.165, 1.54) is 0 Å². The van der Waals surface area contributed by atoms with Crippen molar-refractivity contribution in [2.75, 3.05) is 33.2 Å². The monoisotopic (exact) mass is 347 g/mol. The number of piperidine rings is 1. The van der Waals surface area contributed by atoms with Gasteiger partial charge in [0.1, 0.15) is 11.3 Å². The Hall–Kier alpha value is -1.95. The molecule has 1 aliphatic rings. The number of hydrogen-bond acceptors (Lipinski definition) is 5. The molecule has 1 aromatic rings. The lowest BCUT2D eigenvalue weighted by Crippen LogP contribution is -2.45. The Labute approximate surface area is 150 Å². The molecule has 6 heteroatoms. The highest BCUT2D eigenvalue weighted by atomic mass is 16.6. The molecule has 2 heterocycles.